The highest BCUT2D eigenvalue weighted by molar-refractivity contribution is 5.86. The van der Waals surface area contributed by atoms with E-state index < -0.39 is 18.0 Å². The molecular formula is C24H24O9. The molecule has 0 bridgehead atoms. The van der Waals surface area contributed by atoms with Gasteiger partial charge in [0.25, 0.3) is 0 Å². The van der Waals surface area contributed by atoms with E-state index in [2.05, 4.69) is 0 Å². The van der Waals surface area contributed by atoms with E-state index in [-0.39, 0.29) is 25.3 Å². The first kappa shape index (κ1) is 21.2. The van der Waals surface area contributed by atoms with E-state index in [4.69, 9.17) is 33.2 Å². The molecule has 0 amide bonds. The van der Waals surface area contributed by atoms with Crippen LogP contribution in [0.4, 0.5) is 0 Å². The van der Waals surface area contributed by atoms with Gasteiger partial charge in [-0.2, -0.15) is 0 Å². The Hall–Kier alpha value is -3.62. The predicted octanol–water partition coefficient (Wildman–Crippen LogP) is 3.06. The van der Waals surface area contributed by atoms with E-state index in [1.807, 2.05) is 12.1 Å². The van der Waals surface area contributed by atoms with Crippen molar-refractivity contribution >= 4 is 11.9 Å². The second-order valence-electron chi connectivity index (χ2n) is 8.11. The summed E-state index contributed by atoms with van der Waals surface area (Å²) in [7, 11) is 4.61. The molecule has 0 spiro atoms. The van der Waals surface area contributed by atoms with Crippen molar-refractivity contribution in [2.45, 2.75) is 19.4 Å². The highest BCUT2D eigenvalue weighted by Gasteiger charge is 2.47. The average molecular weight is 456 g/mol. The van der Waals surface area contributed by atoms with Crippen molar-refractivity contribution in [1.29, 1.82) is 0 Å². The number of rotatable bonds is 4. The topological polar surface area (TPSA) is 98.8 Å². The summed E-state index contributed by atoms with van der Waals surface area (Å²) in [5.41, 5.74) is 2.93. The van der Waals surface area contributed by atoms with E-state index >= 15 is 0 Å². The minimum atomic E-state index is -0.727. The lowest BCUT2D eigenvalue weighted by atomic mass is 9.76. The maximum atomic E-state index is 12.8. The summed E-state index contributed by atoms with van der Waals surface area (Å²) in [6.45, 7) is 1.58. The number of carbonyl (C=O) groups excluding carboxylic acids is 2. The average Bonchev–Trinajstić information content (AvgIpc) is 3.40. The molecule has 2 aliphatic heterocycles. The Bertz CT molecular complexity index is 1140. The molecule has 1 unspecified atom stereocenters. The number of hydrogen-bond acceptors (Lipinski definition) is 9. The second-order valence-corrected chi connectivity index (χ2v) is 8.11. The monoisotopic (exact) mass is 456 g/mol. The predicted molar refractivity (Wildman–Crippen MR) is 114 cm³/mol. The fourth-order valence-electron chi connectivity index (χ4n) is 4.98. The molecule has 9 heteroatoms. The molecule has 1 saturated heterocycles. The van der Waals surface area contributed by atoms with Crippen molar-refractivity contribution in [3.8, 4) is 39.9 Å². The third-order valence-electron chi connectivity index (χ3n) is 6.39. The zero-order chi connectivity index (χ0) is 23.3. The van der Waals surface area contributed by atoms with Gasteiger partial charge in [0, 0.05) is 24.0 Å². The van der Waals surface area contributed by atoms with Crippen LogP contribution in [0.3, 0.4) is 0 Å². The van der Waals surface area contributed by atoms with Crippen LogP contribution >= 0.6 is 0 Å². The van der Waals surface area contributed by atoms with Crippen LogP contribution in [0, 0.1) is 11.8 Å². The van der Waals surface area contributed by atoms with Crippen LogP contribution in [0.25, 0.3) is 11.1 Å². The molecule has 2 heterocycles. The summed E-state index contributed by atoms with van der Waals surface area (Å²) in [5.74, 6) is 0.764. The molecule has 2 aromatic rings. The number of methoxy groups -OCH3 is 3. The second kappa shape index (κ2) is 8.06. The van der Waals surface area contributed by atoms with Gasteiger partial charge >= 0.3 is 11.9 Å². The summed E-state index contributed by atoms with van der Waals surface area (Å²) in [6.07, 6.45) is -0.379. The molecule has 33 heavy (non-hydrogen) atoms. The number of ether oxygens (including phenoxy) is 7. The van der Waals surface area contributed by atoms with Gasteiger partial charge in [-0.25, -0.2) is 0 Å². The molecule has 3 aliphatic rings. The SMILES string of the molecule is COc1cc2c(c(OC)c1OC)-c1cc3c(cc1C(OC(C)=O)[C@@H]1COC(=O)[C@H]1C2)OCO3. The summed E-state index contributed by atoms with van der Waals surface area (Å²) >= 11 is 0. The highest BCUT2D eigenvalue weighted by atomic mass is 16.7. The van der Waals surface area contributed by atoms with Gasteiger partial charge in [-0.15, -0.1) is 0 Å². The summed E-state index contributed by atoms with van der Waals surface area (Å²) in [5, 5.41) is 0. The summed E-state index contributed by atoms with van der Waals surface area (Å²) < 4.78 is 39.5. The van der Waals surface area contributed by atoms with Crippen molar-refractivity contribution < 1.29 is 42.7 Å². The molecule has 0 radical (unpaired) electrons. The molecule has 1 aliphatic carbocycles. The first-order valence-electron chi connectivity index (χ1n) is 10.6. The number of benzene rings is 2. The molecule has 2 aromatic carbocycles. The quantitative estimate of drug-likeness (QED) is 0.643. The van der Waals surface area contributed by atoms with Crippen molar-refractivity contribution in [2.75, 3.05) is 34.7 Å². The van der Waals surface area contributed by atoms with Crippen LogP contribution in [-0.2, 0) is 25.5 Å². The van der Waals surface area contributed by atoms with Gasteiger partial charge in [-0.1, -0.05) is 0 Å². The maximum absolute atomic E-state index is 12.8. The van der Waals surface area contributed by atoms with Crippen LogP contribution < -0.4 is 23.7 Å². The van der Waals surface area contributed by atoms with Gasteiger partial charge in [0.05, 0.1) is 33.9 Å². The van der Waals surface area contributed by atoms with E-state index in [9.17, 15) is 9.59 Å². The van der Waals surface area contributed by atoms with Gasteiger partial charge < -0.3 is 33.2 Å². The van der Waals surface area contributed by atoms with Crippen LogP contribution in [-0.4, -0.2) is 46.7 Å². The van der Waals surface area contributed by atoms with Crippen molar-refractivity contribution in [2.24, 2.45) is 11.8 Å². The molecule has 5 rings (SSSR count). The van der Waals surface area contributed by atoms with Crippen LogP contribution in [0.15, 0.2) is 18.2 Å². The maximum Gasteiger partial charge on any atom is 0.309 e. The van der Waals surface area contributed by atoms with E-state index in [0.29, 0.717) is 46.3 Å². The van der Waals surface area contributed by atoms with Crippen LogP contribution in [0.2, 0.25) is 0 Å². The van der Waals surface area contributed by atoms with Crippen molar-refractivity contribution in [3.63, 3.8) is 0 Å². The molecule has 0 N–H and O–H groups in total. The fourth-order valence-corrected chi connectivity index (χ4v) is 4.98. The number of hydrogen-bond donors (Lipinski definition) is 0. The Morgan fingerprint density at radius 2 is 1.70 bits per heavy atom. The van der Waals surface area contributed by atoms with Gasteiger partial charge in [0.2, 0.25) is 12.5 Å². The Morgan fingerprint density at radius 3 is 2.36 bits per heavy atom. The molecule has 3 atom stereocenters. The zero-order valence-electron chi connectivity index (χ0n) is 18.8. The molecule has 0 saturated carbocycles. The molecule has 1 fully saturated rings. The Labute approximate surface area is 190 Å². The number of cyclic esters (lactones) is 1. The minimum absolute atomic E-state index is 0.0834. The first-order chi connectivity index (χ1) is 16.0. The van der Waals surface area contributed by atoms with Gasteiger partial charge in [0.1, 0.15) is 6.10 Å². The van der Waals surface area contributed by atoms with Crippen molar-refractivity contribution in [3.05, 3.63) is 29.3 Å². The Morgan fingerprint density at radius 1 is 0.970 bits per heavy atom. The summed E-state index contributed by atoms with van der Waals surface area (Å²) in [4.78, 5) is 24.9. The van der Waals surface area contributed by atoms with E-state index in [1.54, 1.807) is 20.3 Å². The smallest absolute Gasteiger partial charge is 0.309 e. The number of esters is 2. The van der Waals surface area contributed by atoms with Crippen LogP contribution in [0.5, 0.6) is 28.7 Å². The number of carbonyl (C=O) groups is 2. The van der Waals surface area contributed by atoms with Gasteiger partial charge in [-0.3, -0.25) is 9.59 Å². The normalized spacial score (nSPS) is 22.2. The fraction of sp³-hybridized carbons (Fsp3) is 0.417. The first-order valence-corrected chi connectivity index (χ1v) is 10.6. The lowest BCUT2D eigenvalue weighted by Crippen LogP contribution is -2.29. The van der Waals surface area contributed by atoms with E-state index in [0.717, 1.165) is 11.1 Å². The molecule has 0 aromatic heterocycles. The highest BCUT2D eigenvalue weighted by Crippen LogP contribution is 2.55. The number of fused-ring (bicyclic) bond motifs is 5. The Kier molecular flexibility index (Phi) is 5.19. The van der Waals surface area contributed by atoms with Crippen molar-refractivity contribution in [1.82, 2.24) is 0 Å². The van der Waals surface area contributed by atoms with Crippen LogP contribution in [0.1, 0.15) is 24.2 Å². The van der Waals surface area contributed by atoms with Gasteiger partial charge in [-0.05, 0) is 35.7 Å². The standard InChI is InChI=1S/C24H24O9/c1-11(25)33-21-14-8-18-17(31-10-32-18)7-13(14)20-12(5-15-16(21)9-30-24(15)26)6-19(27-2)22(28-3)23(20)29-4/h6-8,15-16,21H,5,9-10H2,1-4H3/t15-,16+,21?/m0/s1. The Balaban J connectivity index is 1.86. The van der Waals surface area contributed by atoms with E-state index in [1.165, 1.54) is 14.0 Å². The zero-order valence-corrected chi connectivity index (χ0v) is 18.8. The minimum Gasteiger partial charge on any atom is -0.493 e. The van der Waals surface area contributed by atoms with Gasteiger partial charge in [0.15, 0.2) is 23.0 Å². The largest absolute Gasteiger partial charge is 0.493 e. The molecular weight excluding hydrogens is 432 g/mol. The molecule has 9 nitrogen and oxygen atoms in total. The third kappa shape index (κ3) is 3.30. The summed E-state index contributed by atoms with van der Waals surface area (Å²) in [6, 6.07) is 5.50. The molecule has 174 valence electrons. The lowest BCUT2D eigenvalue weighted by molar-refractivity contribution is -0.150. The third-order valence-corrected chi connectivity index (χ3v) is 6.39. The lowest BCUT2D eigenvalue weighted by Gasteiger charge is -2.32.